The molecular weight excluding hydrogens is 330 g/mol. The summed E-state index contributed by atoms with van der Waals surface area (Å²) >= 11 is 0. The first-order chi connectivity index (χ1) is 12.8. The van der Waals surface area contributed by atoms with Crippen LogP contribution in [0, 0.1) is 0 Å². The van der Waals surface area contributed by atoms with E-state index in [1.807, 2.05) is 29.2 Å². The van der Waals surface area contributed by atoms with Crippen LogP contribution in [0.3, 0.4) is 0 Å². The number of aromatic nitrogens is 3. The van der Waals surface area contributed by atoms with E-state index in [1.54, 1.807) is 0 Å². The number of nitrogens with one attached hydrogen (secondary N) is 1. The minimum atomic E-state index is 0.0502. The summed E-state index contributed by atoms with van der Waals surface area (Å²) in [5.41, 5.74) is 1.46. The minimum Gasteiger partial charge on any atom is -0.378 e. The molecule has 2 atom stereocenters. The van der Waals surface area contributed by atoms with Gasteiger partial charge in [-0.2, -0.15) is 5.10 Å². The van der Waals surface area contributed by atoms with Crippen molar-refractivity contribution in [2.45, 2.75) is 31.8 Å². The zero-order chi connectivity index (χ0) is 17.9. The molecule has 1 N–H and O–H groups in total. The van der Waals surface area contributed by atoms with Crippen molar-refractivity contribution in [3.63, 3.8) is 0 Å². The maximum atomic E-state index is 13.2. The van der Waals surface area contributed by atoms with Crippen LogP contribution in [-0.2, 0) is 4.74 Å². The highest BCUT2D eigenvalue weighted by atomic mass is 16.5. The van der Waals surface area contributed by atoms with Gasteiger partial charge in [0.15, 0.2) is 5.82 Å². The van der Waals surface area contributed by atoms with E-state index in [1.165, 1.54) is 6.33 Å². The summed E-state index contributed by atoms with van der Waals surface area (Å²) in [6.07, 6.45) is 3.77. The Morgan fingerprint density at radius 1 is 1.31 bits per heavy atom. The van der Waals surface area contributed by atoms with Gasteiger partial charge in [-0.1, -0.05) is 31.5 Å². The van der Waals surface area contributed by atoms with E-state index in [-0.39, 0.29) is 11.9 Å². The maximum absolute atomic E-state index is 13.2. The predicted octanol–water partition coefficient (Wildman–Crippen LogP) is 1.80. The highest BCUT2D eigenvalue weighted by Gasteiger charge is 2.37. The standard InChI is InChI=1S/C19H25N5O2/c1-2-5-14-11-26-12-15-10-23(8-9-24(14)15)19(25)17-7-4-3-6-16(17)18-20-13-21-22-18/h3-4,6-7,13-15H,2,5,8-12H2,1H3,(H,20,21,22)/t14-,15+/m0/s1. The van der Waals surface area contributed by atoms with Gasteiger partial charge in [-0.3, -0.25) is 14.8 Å². The number of aromatic amines is 1. The lowest BCUT2D eigenvalue weighted by Gasteiger charge is -2.48. The molecule has 0 unspecified atom stereocenters. The number of ether oxygens (including phenoxy) is 1. The largest absolute Gasteiger partial charge is 0.378 e. The zero-order valence-corrected chi connectivity index (χ0v) is 15.1. The molecule has 1 amide bonds. The average Bonchev–Trinajstić information content (AvgIpc) is 3.22. The first kappa shape index (κ1) is 17.2. The second-order valence-electron chi connectivity index (χ2n) is 7.00. The summed E-state index contributed by atoms with van der Waals surface area (Å²) in [6.45, 7) is 6.10. The van der Waals surface area contributed by atoms with Crippen molar-refractivity contribution in [3.05, 3.63) is 36.2 Å². The SMILES string of the molecule is CCC[C@H]1COC[C@H]2CN(C(=O)c3ccccc3-c3ncn[nH]3)CCN12. The van der Waals surface area contributed by atoms with Gasteiger partial charge in [-0.25, -0.2) is 4.98 Å². The zero-order valence-electron chi connectivity index (χ0n) is 15.1. The lowest BCUT2D eigenvalue weighted by atomic mass is 10.0. The van der Waals surface area contributed by atoms with Crippen molar-refractivity contribution in [1.29, 1.82) is 0 Å². The number of fused-ring (bicyclic) bond motifs is 1. The van der Waals surface area contributed by atoms with Crippen molar-refractivity contribution in [2.75, 3.05) is 32.8 Å². The molecule has 138 valence electrons. The minimum absolute atomic E-state index is 0.0502. The average molecular weight is 355 g/mol. The number of morpholine rings is 1. The molecule has 0 spiro atoms. The lowest BCUT2D eigenvalue weighted by molar-refractivity contribution is -0.0776. The third kappa shape index (κ3) is 3.24. The van der Waals surface area contributed by atoms with Crippen LogP contribution in [0.25, 0.3) is 11.4 Å². The number of amides is 1. The number of benzene rings is 1. The van der Waals surface area contributed by atoms with Gasteiger partial charge in [0.25, 0.3) is 5.91 Å². The number of piperazine rings is 1. The first-order valence-corrected chi connectivity index (χ1v) is 9.35. The normalized spacial score (nSPS) is 23.7. The third-order valence-electron chi connectivity index (χ3n) is 5.35. The van der Waals surface area contributed by atoms with Gasteiger partial charge in [0.2, 0.25) is 0 Å². The van der Waals surface area contributed by atoms with Crippen molar-refractivity contribution < 1.29 is 9.53 Å². The summed E-state index contributed by atoms with van der Waals surface area (Å²) in [5.74, 6) is 0.672. The predicted molar refractivity (Wildman–Crippen MR) is 97.7 cm³/mol. The molecule has 4 rings (SSSR count). The molecule has 0 bridgehead atoms. The van der Waals surface area contributed by atoms with Crippen LogP contribution < -0.4 is 0 Å². The fourth-order valence-electron chi connectivity index (χ4n) is 4.08. The second-order valence-corrected chi connectivity index (χ2v) is 7.00. The summed E-state index contributed by atoms with van der Waals surface area (Å²) in [4.78, 5) is 21.9. The lowest BCUT2D eigenvalue weighted by Crippen LogP contribution is -2.62. The van der Waals surface area contributed by atoms with Crippen LogP contribution >= 0.6 is 0 Å². The Morgan fingerprint density at radius 2 is 2.19 bits per heavy atom. The molecule has 7 nitrogen and oxygen atoms in total. The first-order valence-electron chi connectivity index (χ1n) is 9.35. The smallest absolute Gasteiger partial charge is 0.254 e. The quantitative estimate of drug-likeness (QED) is 0.905. The number of hydrogen-bond donors (Lipinski definition) is 1. The molecule has 3 heterocycles. The highest BCUT2D eigenvalue weighted by Crippen LogP contribution is 2.25. The van der Waals surface area contributed by atoms with Crippen molar-refractivity contribution in [2.24, 2.45) is 0 Å². The van der Waals surface area contributed by atoms with Crippen molar-refractivity contribution >= 4 is 5.91 Å². The molecule has 1 aromatic carbocycles. The van der Waals surface area contributed by atoms with E-state index >= 15 is 0 Å². The Balaban J connectivity index is 1.52. The van der Waals surface area contributed by atoms with Gasteiger partial charge in [-0.05, 0) is 12.5 Å². The molecule has 2 aliphatic heterocycles. The Morgan fingerprint density at radius 3 is 3.00 bits per heavy atom. The number of carbonyl (C=O) groups is 1. The number of hydrogen-bond acceptors (Lipinski definition) is 5. The molecule has 0 saturated carbocycles. The van der Waals surface area contributed by atoms with Crippen LogP contribution in [0.1, 0.15) is 30.1 Å². The Labute approximate surface area is 153 Å². The fourth-order valence-corrected chi connectivity index (χ4v) is 4.08. The highest BCUT2D eigenvalue weighted by molar-refractivity contribution is 6.00. The molecule has 2 aliphatic rings. The van der Waals surface area contributed by atoms with Crippen LogP contribution in [-0.4, -0.2) is 75.8 Å². The Kier molecular flexibility index (Phi) is 4.99. The van der Waals surface area contributed by atoms with Gasteiger partial charge in [0, 0.05) is 31.2 Å². The molecule has 2 saturated heterocycles. The van der Waals surface area contributed by atoms with Gasteiger partial charge in [-0.15, -0.1) is 0 Å². The number of rotatable bonds is 4. The van der Waals surface area contributed by atoms with E-state index in [9.17, 15) is 4.79 Å². The maximum Gasteiger partial charge on any atom is 0.254 e. The van der Waals surface area contributed by atoms with Crippen LogP contribution in [0.15, 0.2) is 30.6 Å². The topological polar surface area (TPSA) is 74.3 Å². The van der Waals surface area contributed by atoms with Gasteiger partial charge in [0.1, 0.15) is 6.33 Å². The monoisotopic (exact) mass is 355 g/mol. The summed E-state index contributed by atoms with van der Waals surface area (Å²) < 4.78 is 5.82. The molecule has 7 heteroatoms. The van der Waals surface area contributed by atoms with Crippen molar-refractivity contribution in [3.8, 4) is 11.4 Å². The fraction of sp³-hybridized carbons (Fsp3) is 0.526. The van der Waals surface area contributed by atoms with Gasteiger partial charge >= 0.3 is 0 Å². The number of carbonyl (C=O) groups excluding carboxylic acids is 1. The van der Waals surface area contributed by atoms with Crippen LogP contribution in [0.4, 0.5) is 0 Å². The summed E-state index contributed by atoms with van der Waals surface area (Å²) in [5, 5.41) is 6.76. The molecule has 0 radical (unpaired) electrons. The van der Waals surface area contributed by atoms with E-state index in [2.05, 4.69) is 27.0 Å². The molecule has 2 aromatic rings. The Hall–Kier alpha value is -2.25. The van der Waals surface area contributed by atoms with Crippen LogP contribution in [0.5, 0.6) is 0 Å². The summed E-state index contributed by atoms with van der Waals surface area (Å²) in [7, 11) is 0. The van der Waals surface area contributed by atoms with E-state index in [0.29, 0.717) is 30.6 Å². The summed E-state index contributed by atoms with van der Waals surface area (Å²) in [6, 6.07) is 8.35. The van der Waals surface area contributed by atoms with Crippen LogP contribution in [0.2, 0.25) is 0 Å². The molecule has 1 aromatic heterocycles. The van der Waals surface area contributed by atoms with Gasteiger partial charge < -0.3 is 9.64 Å². The van der Waals surface area contributed by atoms with E-state index < -0.39 is 0 Å². The second kappa shape index (κ2) is 7.55. The molecular formula is C19H25N5O2. The molecule has 0 aliphatic carbocycles. The molecule has 26 heavy (non-hydrogen) atoms. The van der Waals surface area contributed by atoms with Gasteiger partial charge in [0.05, 0.1) is 24.8 Å². The van der Waals surface area contributed by atoms with E-state index in [4.69, 9.17) is 4.74 Å². The number of H-pyrrole nitrogens is 1. The number of nitrogens with zero attached hydrogens (tertiary/aromatic N) is 4. The Bertz CT molecular complexity index is 746. The van der Waals surface area contributed by atoms with Crippen molar-refractivity contribution in [1.82, 2.24) is 25.0 Å². The molecule has 2 fully saturated rings. The van der Waals surface area contributed by atoms with E-state index in [0.717, 1.165) is 38.1 Å². The third-order valence-corrected chi connectivity index (χ3v) is 5.35.